The van der Waals surface area contributed by atoms with Gasteiger partial charge >= 0.3 is 0 Å². The molecule has 0 fully saturated rings. The zero-order chi connectivity index (χ0) is 19.1. The van der Waals surface area contributed by atoms with Crippen molar-refractivity contribution in [2.45, 2.75) is 32.5 Å². The summed E-state index contributed by atoms with van der Waals surface area (Å²) < 4.78 is 0. The summed E-state index contributed by atoms with van der Waals surface area (Å²) in [6, 6.07) is 28.8. The van der Waals surface area contributed by atoms with Gasteiger partial charge in [0.05, 0.1) is 0 Å². The Morgan fingerprint density at radius 2 is 1.37 bits per heavy atom. The van der Waals surface area contributed by atoms with Gasteiger partial charge in [0.1, 0.15) is 6.04 Å². The molecule has 138 valence electrons. The van der Waals surface area contributed by atoms with Crippen molar-refractivity contribution in [2.24, 2.45) is 0 Å². The maximum atomic E-state index is 12.6. The summed E-state index contributed by atoms with van der Waals surface area (Å²) in [4.78, 5) is 12.6. The number of hydrogen-bond donors (Lipinski definition) is 2. The zero-order valence-electron chi connectivity index (χ0n) is 15.9. The summed E-state index contributed by atoms with van der Waals surface area (Å²) in [5.41, 5.74) is 4.73. The van der Waals surface area contributed by atoms with Gasteiger partial charge < -0.3 is 10.6 Å². The van der Waals surface area contributed by atoms with Gasteiger partial charge in [-0.15, -0.1) is 0 Å². The first-order chi connectivity index (χ1) is 13.1. The second-order valence-corrected chi connectivity index (χ2v) is 6.98. The van der Waals surface area contributed by atoms with Crippen LogP contribution in [0.1, 0.15) is 35.2 Å². The minimum absolute atomic E-state index is 0.0486. The molecule has 0 spiro atoms. The Labute approximate surface area is 161 Å². The first-order valence-electron chi connectivity index (χ1n) is 9.41. The van der Waals surface area contributed by atoms with Crippen molar-refractivity contribution in [1.29, 1.82) is 0 Å². The molecule has 1 atom stereocenters. The van der Waals surface area contributed by atoms with Crippen LogP contribution in [0.5, 0.6) is 0 Å². The number of rotatable bonds is 7. The molecule has 0 heterocycles. The number of quaternary nitrogens is 1. The maximum absolute atomic E-state index is 12.6. The van der Waals surface area contributed by atoms with E-state index in [9.17, 15) is 4.79 Å². The van der Waals surface area contributed by atoms with E-state index in [-0.39, 0.29) is 18.0 Å². The van der Waals surface area contributed by atoms with Gasteiger partial charge in [-0.2, -0.15) is 0 Å². The van der Waals surface area contributed by atoms with E-state index in [4.69, 9.17) is 0 Å². The number of carbonyl (C=O) groups excluding carboxylic acids is 1. The summed E-state index contributed by atoms with van der Waals surface area (Å²) in [7, 11) is 0. The molecule has 3 heteroatoms. The molecule has 0 unspecified atom stereocenters. The van der Waals surface area contributed by atoms with Crippen LogP contribution in [0.2, 0.25) is 0 Å². The molecule has 0 saturated heterocycles. The van der Waals surface area contributed by atoms with Gasteiger partial charge in [-0.25, -0.2) is 0 Å². The van der Waals surface area contributed by atoms with E-state index in [0.29, 0.717) is 6.54 Å². The first-order valence-corrected chi connectivity index (χ1v) is 9.41. The largest absolute Gasteiger partial charge is 0.347 e. The Hall–Kier alpha value is -2.91. The van der Waals surface area contributed by atoms with E-state index in [1.807, 2.05) is 43.3 Å². The summed E-state index contributed by atoms with van der Waals surface area (Å²) in [5, 5.41) is 5.19. The fourth-order valence-electron chi connectivity index (χ4n) is 3.17. The topological polar surface area (TPSA) is 45.7 Å². The normalized spacial score (nSPS) is 12.0. The standard InChI is InChI=1S/C24H26N2O/c1-18-13-15-20(16-14-18)17-25-24(27)19(2)26-23(21-9-5-3-6-10-21)22-11-7-4-8-12-22/h3-16,19,23,26H,17H2,1-2H3,(H,25,27)/p+1/t19-/m1/s1. The SMILES string of the molecule is Cc1ccc(CNC(=O)[C@@H](C)[NH2+]C(c2ccccc2)c2ccccc2)cc1. The number of aryl methyl sites for hydroxylation is 1. The second kappa shape index (κ2) is 9.15. The highest BCUT2D eigenvalue weighted by Crippen LogP contribution is 2.18. The highest BCUT2D eigenvalue weighted by molar-refractivity contribution is 5.79. The molecule has 0 bridgehead atoms. The lowest BCUT2D eigenvalue weighted by molar-refractivity contribution is -0.704. The van der Waals surface area contributed by atoms with E-state index in [0.717, 1.165) is 5.56 Å². The fraction of sp³-hybridized carbons (Fsp3) is 0.208. The van der Waals surface area contributed by atoms with Crippen molar-refractivity contribution >= 4 is 5.91 Å². The van der Waals surface area contributed by atoms with Gasteiger partial charge in [0.2, 0.25) is 0 Å². The fourth-order valence-corrected chi connectivity index (χ4v) is 3.17. The smallest absolute Gasteiger partial charge is 0.278 e. The van der Waals surface area contributed by atoms with Crippen LogP contribution in [0.3, 0.4) is 0 Å². The van der Waals surface area contributed by atoms with Crippen molar-refractivity contribution in [1.82, 2.24) is 5.32 Å². The summed E-state index contributed by atoms with van der Waals surface area (Å²) in [6.45, 7) is 4.58. The third-order valence-corrected chi connectivity index (χ3v) is 4.80. The van der Waals surface area contributed by atoms with Gasteiger partial charge in [0, 0.05) is 17.7 Å². The average Bonchev–Trinajstić information content (AvgIpc) is 2.72. The summed E-state index contributed by atoms with van der Waals surface area (Å²) >= 11 is 0. The monoisotopic (exact) mass is 359 g/mol. The molecule has 0 radical (unpaired) electrons. The van der Waals surface area contributed by atoms with E-state index in [1.54, 1.807) is 0 Å². The minimum atomic E-state index is -0.194. The summed E-state index contributed by atoms with van der Waals surface area (Å²) in [6.07, 6.45) is 0. The van der Waals surface area contributed by atoms with Crippen LogP contribution in [0.25, 0.3) is 0 Å². The molecule has 0 aliphatic carbocycles. The van der Waals surface area contributed by atoms with Gasteiger partial charge in [0.15, 0.2) is 6.04 Å². The molecule has 3 aromatic rings. The Bertz CT molecular complexity index is 805. The number of nitrogens with one attached hydrogen (secondary N) is 1. The van der Waals surface area contributed by atoms with Crippen LogP contribution in [0.4, 0.5) is 0 Å². The van der Waals surface area contributed by atoms with Crippen LogP contribution < -0.4 is 10.6 Å². The number of nitrogens with two attached hydrogens (primary N) is 1. The molecule has 3 N–H and O–H groups in total. The van der Waals surface area contributed by atoms with Crippen LogP contribution in [0, 0.1) is 6.92 Å². The molecule has 1 amide bonds. The highest BCUT2D eigenvalue weighted by atomic mass is 16.2. The molecule has 3 aromatic carbocycles. The van der Waals surface area contributed by atoms with Crippen LogP contribution >= 0.6 is 0 Å². The number of amides is 1. The quantitative estimate of drug-likeness (QED) is 0.668. The van der Waals surface area contributed by atoms with Gasteiger partial charge in [-0.1, -0.05) is 90.5 Å². The van der Waals surface area contributed by atoms with Gasteiger partial charge in [-0.05, 0) is 19.4 Å². The van der Waals surface area contributed by atoms with Gasteiger partial charge in [0.25, 0.3) is 5.91 Å². The lowest BCUT2D eigenvalue weighted by Gasteiger charge is -2.20. The minimum Gasteiger partial charge on any atom is -0.347 e. The molecular weight excluding hydrogens is 332 g/mol. The third kappa shape index (κ3) is 5.28. The Balaban J connectivity index is 1.67. The van der Waals surface area contributed by atoms with E-state index < -0.39 is 0 Å². The zero-order valence-corrected chi connectivity index (χ0v) is 15.9. The number of hydrogen-bond acceptors (Lipinski definition) is 1. The van der Waals surface area contributed by atoms with Gasteiger partial charge in [-0.3, -0.25) is 4.79 Å². The predicted octanol–water partition coefficient (Wildman–Crippen LogP) is 3.35. The van der Waals surface area contributed by atoms with Crippen LogP contribution in [0.15, 0.2) is 84.9 Å². The summed E-state index contributed by atoms with van der Waals surface area (Å²) in [5.74, 6) is 0.0486. The lowest BCUT2D eigenvalue weighted by atomic mass is 9.98. The molecule has 0 aromatic heterocycles. The van der Waals surface area contributed by atoms with Crippen molar-refractivity contribution < 1.29 is 10.1 Å². The Morgan fingerprint density at radius 3 is 1.89 bits per heavy atom. The van der Waals surface area contributed by atoms with E-state index in [2.05, 4.69) is 66.1 Å². The molecule has 3 rings (SSSR count). The van der Waals surface area contributed by atoms with E-state index >= 15 is 0 Å². The van der Waals surface area contributed by atoms with Crippen molar-refractivity contribution in [3.63, 3.8) is 0 Å². The van der Waals surface area contributed by atoms with Crippen LogP contribution in [-0.2, 0) is 11.3 Å². The van der Waals surface area contributed by atoms with Crippen LogP contribution in [-0.4, -0.2) is 11.9 Å². The molecule has 0 aliphatic heterocycles. The second-order valence-electron chi connectivity index (χ2n) is 6.98. The lowest BCUT2D eigenvalue weighted by Crippen LogP contribution is -2.92. The molecule has 27 heavy (non-hydrogen) atoms. The van der Waals surface area contributed by atoms with Crippen molar-refractivity contribution in [2.75, 3.05) is 0 Å². The predicted molar refractivity (Wildman–Crippen MR) is 109 cm³/mol. The maximum Gasteiger partial charge on any atom is 0.278 e. The molecule has 0 saturated carbocycles. The van der Waals surface area contributed by atoms with E-state index in [1.165, 1.54) is 16.7 Å². The molecule has 3 nitrogen and oxygen atoms in total. The molecule has 0 aliphatic rings. The average molecular weight is 359 g/mol. The third-order valence-electron chi connectivity index (χ3n) is 4.80. The van der Waals surface area contributed by atoms with Crippen molar-refractivity contribution in [3.8, 4) is 0 Å². The Morgan fingerprint density at radius 1 is 0.852 bits per heavy atom. The molecular formula is C24H27N2O+. The highest BCUT2D eigenvalue weighted by Gasteiger charge is 2.24. The van der Waals surface area contributed by atoms with Crippen molar-refractivity contribution in [3.05, 3.63) is 107 Å². The number of carbonyl (C=O) groups is 1. The number of benzene rings is 3. The Kier molecular flexibility index (Phi) is 6.39. The first kappa shape index (κ1) is 18.9.